The van der Waals surface area contributed by atoms with Gasteiger partial charge in [-0.05, 0) is 48.5 Å². The Morgan fingerprint density at radius 2 is 1.62 bits per heavy atom. The highest BCUT2D eigenvalue weighted by Crippen LogP contribution is 2.23. The van der Waals surface area contributed by atoms with Gasteiger partial charge >= 0.3 is 6.03 Å². The van der Waals surface area contributed by atoms with E-state index in [-0.39, 0.29) is 31.4 Å². The molecule has 1 aliphatic heterocycles. The van der Waals surface area contributed by atoms with Crippen molar-refractivity contribution < 1.29 is 24.2 Å². The molecular formula is C20H23ClN6O5. The van der Waals surface area contributed by atoms with E-state index in [0.717, 1.165) is 0 Å². The van der Waals surface area contributed by atoms with E-state index in [4.69, 9.17) is 21.6 Å². The van der Waals surface area contributed by atoms with E-state index in [2.05, 4.69) is 10.6 Å². The molecule has 0 aromatic heterocycles. The van der Waals surface area contributed by atoms with Crippen LogP contribution in [0.4, 0.5) is 21.9 Å². The lowest BCUT2D eigenvalue weighted by Crippen LogP contribution is -2.55. The van der Waals surface area contributed by atoms with E-state index >= 15 is 0 Å². The number of hydrogen-bond donors (Lipinski definition) is 6. The number of morpholine rings is 1. The standard InChI is InChI=1S/C20H22N6O5.ClH/c21-17(22)11-1-3-12(4-2-11)24-18(28)15(27)16-19(29)26(9-10-31-16)14-7-5-13(6-8-14)25-20(23)30;/h1-8,15-16,27H,9-10H2,(H3,21,22)(H,24,28)(H3,23,25,30);1H/t15-,16-;/m1./s1. The van der Waals surface area contributed by atoms with Crippen LogP contribution in [0, 0.1) is 5.41 Å². The van der Waals surface area contributed by atoms with E-state index in [1.165, 1.54) is 17.0 Å². The molecule has 0 unspecified atom stereocenters. The van der Waals surface area contributed by atoms with Gasteiger partial charge in [0.15, 0.2) is 12.2 Å². The molecule has 1 fully saturated rings. The topological polar surface area (TPSA) is 184 Å². The second kappa shape index (κ2) is 10.6. The summed E-state index contributed by atoms with van der Waals surface area (Å²) < 4.78 is 5.37. The van der Waals surface area contributed by atoms with Crippen LogP contribution in [0.15, 0.2) is 48.5 Å². The van der Waals surface area contributed by atoms with E-state index in [9.17, 15) is 19.5 Å². The van der Waals surface area contributed by atoms with Crippen LogP contribution in [-0.2, 0) is 14.3 Å². The van der Waals surface area contributed by atoms with Crippen LogP contribution >= 0.6 is 12.4 Å². The highest BCUT2D eigenvalue weighted by atomic mass is 35.5. The van der Waals surface area contributed by atoms with Crippen molar-refractivity contribution in [2.45, 2.75) is 12.2 Å². The maximum Gasteiger partial charge on any atom is 0.316 e. The average molecular weight is 463 g/mol. The van der Waals surface area contributed by atoms with Gasteiger partial charge in [0.05, 0.1) is 6.61 Å². The van der Waals surface area contributed by atoms with Gasteiger partial charge in [-0.2, -0.15) is 0 Å². The van der Waals surface area contributed by atoms with Gasteiger partial charge in [-0.25, -0.2) is 4.79 Å². The summed E-state index contributed by atoms with van der Waals surface area (Å²) in [5, 5.41) is 22.7. The molecule has 0 saturated carbocycles. The fourth-order valence-electron chi connectivity index (χ4n) is 3.04. The van der Waals surface area contributed by atoms with Gasteiger partial charge in [0.25, 0.3) is 11.8 Å². The molecule has 0 radical (unpaired) electrons. The molecule has 8 N–H and O–H groups in total. The number of carbonyl (C=O) groups excluding carboxylic acids is 3. The van der Waals surface area contributed by atoms with Gasteiger partial charge in [-0.15, -0.1) is 12.4 Å². The second-order valence-corrected chi connectivity index (χ2v) is 6.74. The summed E-state index contributed by atoms with van der Waals surface area (Å²) in [4.78, 5) is 37.6. The number of urea groups is 1. The number of primary amides is 1. The van der Waals surface area contributed by atoms with Gasteiger partial charge in [-0.3, -0.25) is 15.0 Å². The minimum absolute atomic E-state index is 0. The number of ether oxygens (including phenoxy) is 1. The number of halogens is 1. The van der Waals surface area contributed by atoms with Crippen molar-refractivity contribution in [2.24, 2.45) is 11.5 Å². The molecule has 2 atom stereocenters. The summed E-state index contributed by atoms with van der Waals surface area (Å²) in [6.45, 7) is 0.355. The van der Waals surface area contributed by atoms with E-state index in [1.807, 2.05) is 0 Å². The zero-order valence-electron chi connectivity index (χ0n) is 16.8. The number of nitrogens with two attached hydrogens (primary N) is 2. The zero-order valence-corrected chi connectivity index (χ0v) is 17.6. The van der Waals surface area contributed by atoms with Crippen molar-refractivity contribution >= 4 is 53.2 Å². The summed E-state index contributed by atoms with van der Waals surface area (Å²) in [5.41, 5.74) is 12.3. The number of rotatable bonds is 6. The van der Waals surface area contributed by atoms with Crippen LogP contribution < -0.4 is 27.0 Å². The number of carbonyl (C=O) groups is 3. The summed E-state index contributed by atoms with van der Waals surface area (Å²) in [5.74, 6) is -1.49. The molecule has 170 valence electrons. The molecule has 0 aliphatic carbocycles. The Morgan fingerprint density at radius 1 is 1.06 bits per heavy atom. The average Bonchev–Trinajstić information content (AvgIpc) is 2.74. The monoisotopic (exact) mass is 462 g/mol. The number of amides is 4. The minimum atomic E-state index is -1.74. The molecule has 32 heavy (non-hydrogen) atoms. The SMILES string of the molecule is Cl.N=C(N)c1ccc(NC(=O)[C@H](O)[C@H]2OCCN(c3ccc(NC(N)=O)cc3)C2=O)cc1. The predicted octanol–water partition coefficient (Wildman–Crippen LogP) is 0.614. The number of aliphatic hydroxyl groups excluding tert-OH is 1. The van der Waals surface area contributed by atoms with Crippen molar-refractivity contribution in [3.8, 4) is 0 Å². The smallest absolute Gasteiger partial charge is 0.316 e. The quantitative estimate of drug-likeness (QED) is 0.270. The number of nitrogens with one attached hydrogen (secondary N) is 3. The Labute approximate surface area is 189 Å². The molecule has 0 spiro atoms. The summed E-state index contributed by atoms with van der Waals surface area (Å²) >= 11 is 0. The largest absolute Gasteiger partial charge is 0.384 e. The first-order valence-corrected chi connectivity index (χ1v) is 9.29. The van der Waals surface area contributed by atoms with Crippen LogP contribution in [0.1, 0.15) is 5.56 Å². The Kier molecular flexibility index (Phi) is 8.13. The number of benzene rings is 2. The number of hydrogen-bond acceptors (Lipinski definition) is 6. The Hall–Kier alpha value is -3.67. The molecule has 1 aliphatic rings. The number of aliphatic hydroxyl groups is 1. The summed E-state index contributed by atoms with van der Waals surface area (Å²) in [7, 11) is 0. The number of amidine groups is 1. The Bertz CT molecular complexity index is 999. The molecule has 1 saturated heterocycles. The van der Waals surface area contributed by atoms with Gasteiger partial charge in [0.2, 0.25) is 0 Å². The van der Waals surface area contributed by atoms with Crippen molar-refractivity contribution in [3.63, 3.8) is 0 Å². The first-order valence-electron chi connectivity index (χ1n) is 9.29. The molecule has 1 heterocycles. The molecule has 4 amide bonds. The number of nitrogens with zero attached hydrogens (tertiary/aromatic N) is 1. The van der Waals surface area contributed by atoms with Crippen LogP contribution in [0.25, 0.3) is 0 Å². The predicted molar refractivity (Wildman–Crippen MR) is 121 cm³/mol. The van der Waals surface area contributed by atoms with Crippen LogP contribution in [-0.4, -0.2) is 54.1 Å². The number of anilines is 3. The van der Waals surface area contributed by atoms with E-state index in [0.29, 0.717) is 22.6 Å². The van der Waals surface area contributed by atoms with Crippen molar-refractivity contribution in [1.82, 2.24) is 0 Å². The van der Waals surface area contributed by atoms with Gasteiger partial charge in [-0.1, -0.05) is 0 Å². The summed E-state index contributed by atoms with van der Waals surface area (Å²) in [6, 6.07) is 11.8. The minimum Gasteiger partial charge on any atom is -0.384 e. The third-order valence-corrected chi connectivity index (χ3v) is 4.59. The van der Waals surface area contributed by atoms with E-state index in [1.54, 1.807) is 36.4 Å². The van der Waals surface area contributed by atoms with Gasteiger partial charge in [0.1, 0.15) is 5.84 Å². The maximum absolute atomic E-state index is 12.8. The molecule has 2 aromatic rings. The first kappa shape index (κ1) is 24.6. The van der Waals surface area contributed by atoms with Gasteiger partial charge < -0.3 is 36.8 Å². The third kappa shape index (κ3) is 5.72. The van der Waals surface area contributed by atoms with Crippen LogP contribution in [0.5, 0.6) is 0 Å². The summed E-state index contributed by atoms with van der Waals surface area (Å²) in [6.07, 6.45) is -3.12. The normalized spacial score (nSPS) is 16.5. The second-order valence-electron chi connectivity index (χ2n) is 6.74. The molecule has 2 aromatic carbocycles. The van der Waals surface area contributed by atoms with Crippen molar-refractivity contribution in [2.75, 3.05) is 28.7 Å². The Morgan fingerprint density at radius 3 is 2.19 bits per heavy atom. The van der Waals surface area contributed by atoms with Crippen molar-refractivity contribution in [3.05, 3.63) is 54.1 Å². The molecule has 11 nitrogen and oxygen atoms in total. The van der Waals surface area contributed by atoms with Crippen LogP contribution in [0.3, 0.4) is 0 Å². The molecule has 0 bridgehead atoms. The maximum atomic E-state index is 12.8. The molecule has 3 rings (SSSR count). The molecule has 12 heteroatoms. The fraction of sp³-hybridized carbons (Fsp3) is 0.200. The number of nitrogen functional groups attached to an aromatic ring is 1. The first-order chi connectivity index (χ1) is 14.8. The Balaban J connectivity index is 0.00000363. The van der Waals surface area contributed by atoms with Gasteiger partial charge in [0, 0.05) is 29.2 Å². The molecular weight excluding hydrogens is 440 g/mol. The fourth-order valence-corrected chi connectivity index (χ4v) is 3.04. The van der Waals surface area contributed by atoms with Crippen LogP contribution in [0.2, 0.25) is 0 Å². The van der Waals surface area contributed by atoms with Crippen molar-refractivity contribution in [1.29, 1.82) is 5.41 Å². The zero-order chi connectivity index (χ0) is 22.5. The highest BCUT2D eigenvalue weighted by Gasteiger charge is 2.39. The lowest BCUT2D eigenvalue weighted by molar-refractivity contribution is -0.150. The lowest BCUT2D eigenvalue weighted by Gasteiger charge is -2.34. The third-order valence-electron chi connectivity index (χ3n) is 4.59. The highest BCUT2D eigenvalue weighted by molar-refractivity contribution is 6.04. The van der Waals surface area contributed by atoms with E-state index < -0.39 is 30.1 Å². The lowest BCUT2D eigenvalue weighted by atomic mass is 10.1.